The second-order valence-electron chi connectivity index (χ2n) is 5.72. The number of azide groups is 1. The lowest BCUT2D eigenvalue weighted by Gasteiger charge is -2.38. The van der Waals surface area contributed by atoms with Crippen LogP contribution in [0.25, 0.3) is 10.4 Å². The zero-order valence-corrected chi connectivity index (χ0v) is 11.7. The Balaban J connectivity index is 2.71. The van der Waals surface area contributed by atoms with Crippen molar-refractivity contribution >= 4 is 6.09 Å². The van der Waals surface area contributed by atoms with Gasteiger partial charge in [-0.1, -0.05) is 5.11 Å². The lowest BCUT2D eigenvalue weighted by Crippen LogP contribution is -2.52. The molecule has 2 atom stereocenters. The molecular weight excluding hydrogens is 248 g/mol. The van der Waals surface area contributed by atoms with Crippen molar-refractivity contribution in [2.45, 2.75) is 57.8 Å². The summed E-state index contributed by atoms with van der Waals surface area (Å²) in [7, 11) is 0. The molecule has 1 heterocycles. The van der Waals surface area contributed by atoms with Gasteiger partial charge >= 0.3 is 6.09 Å². The van der Waals surface area contributed by atoms with Crippen LogP contribution in [0.4, 0.5) is 4.79 Å². The van der Waals surface area contributed by atoms with E-state index in [0.29, 0.717) is 13.0 Å². The fourth-order valence-corrected chi connectivity index (χ4v) is 2.15. The zero-order chi connectivity index (χ0) is 14.5. The average Bonchev–Trinajstić information content (AvgIpc) is 2.34. The molecule has 1 amide bonds. The molecule has 0 bridgehead atoms. The second kappa shape index (κ2) is 6.63. The third kappa shape index (κ3) is 4.96. The first kappa shape index (κ1) is 15.6. The number of ether oxygens (including phenoxy) is 1. The largest absolute Gasteiger partial charge is 0.444 e. The smallest absolute Gasteiger partial charge is 0.410 e. The van der Waals surface area contributed by atoms with Crippen LogP contribution >= 0.6 is 0 Å². The van der Waals surface area contributed by atoms with E-state index < -0.39 is 17.8 Å². The van der Waals surface area contributed by atoms with Crippen LogP contribution in [0.15, 0.2) is 5.11 Å². The van der Waals surface area contributed by atoms with Gasteiger partial charge in [0.25, 0.3) is 0 Å². The van der Waals surface area contributed by atoms with Crippen molar-refractivity contribution in [3.05, 3.63) is 10.4 Å². The van der Waals surface area contributed by atoms with E-state index in [0.717, 1.165) is 12.8 Å². The van der Waals surface area contributed by atoms with E-state index in [1.807, 2.05) is 0 Å². The maximum atomic E-state index is 12.1. The minimum atomic E-state index is -0.844. The van der Waals surface area contributed by atoms with Gasteiger partial charge in [0.2, 0.25) is 0 Å². The highest BCUT2D eigenvalue weighted by Crippen LogP contribution is 2.22. The fourth-order valence-electron chi connectivity index (χ4n) is 2.15. The topological polar surface area (TPSA) is 98.5 Å². The molecule has 0 aliphatic carbocycles. The summed E-state index contributed by atoms with van der Waals surface area (Å²) in [6, 6.07) is -0.339. The van der Waals surface area contributed by atoms with E-state index in [1.165, 1.54) is 0 Å². The van der Waals surface area contributed by atoms with Crippen LogP contribution < -0.4 is 0 Å². The Morgan fingerprint density at radius 1 is 1.58 bits per heavy atom. The van der Waals surface area contributed by atoms with Crippen molar-refractivity contribution in [1.29, 1.82) is 0 Å². The van der Waals surface area contributed by atoms with Crippen molar-refractivity contribution < 1.29 is 14.6 Å². The molecule has 0 aromatic carbocycles. The molecule has 1 aliphatic rings. The van der Waals surface area contributed by atoms with Crippen molar-refractivity contribution in [3.63, 3.8) is 0 Å². The first-order valence-electron chi connectivity index (χ1n) is 6.53. The lowest BCUT2D eigenvalue weighted by molar-refractivity contribution is -0.0142. The second-order valence-corrected chi connectivity index (χ2v) is 5.72. The lowest BCUT2D eigenvalue weighted by atomic mass is 9.98. The summed E-state index contributed by atoms with van der Waals surface area (Å²) in [6.07, 6.45) is 1.27. The molecule has 1 N–H and O–H groups in total. The molecule has 1 rings (SSSR count). The summed E-state index contributed by atoms with van der Waals surface area (Å²) in [5.74, 6) is 0. The minimum absolute atomic E-state index is 0.0273. The van der Waals surface area contributed by atoms with Gasteiger partial charge < -0.3 is 14.7 Å². The van der Waals surface area contributed by atoms with Gasteiger partial charge in [-0.15, -0.1) is 0 Å². The molecule has 0 spiro atoms. The maximum absolute atomic E-state index is 12.1. The quantitative estimate of drug-likeness (QED) is 0.484. The molecular formula is C12H22N4O3. The molecule has 1 saturated heterocycles. The molecule has 0 aromatic rings. The SMILES string of the molecule is CC(C)(C)OC(=O)N1CCCCC1C(O)CN=[N+]=[N-]. The minimum Gasteiger partial charge on any atom is -0.444 e. The summed E-state index contributed by atoms with van der Waals surface area (Å²) in [6.45, 7) is 5.95. The van der Waals surface area contributed by atoms with Gasteiger partial charge in [-0.25, -0.2) is 4.79 Å². The number of aliphatic hydroxyl groups excluding tert-OH is 1. The van der Waals surface area contributed by atoms with Crippen LogP contribution in [0.1, 0.15) is 40.0 Å². The van der Waals surface area contributed by atoms with E-state index in [-0.39, 0.29) is 12.6 Å². The Morgan fingerprint density at radius 3 is 2.84 bits per heavy atom. The highest BCUT2D eigenvalue weighted by Gasteiger charge is 2.34. The molecule has 0 radical (unpaired) electrons. The number of likely N-dealkylation sites (tertiary alicyclic amines) is 1. The van der Waals surface area contributed by atoms with E-state index in [1.54, 1.807) is 25.7 Å². The summed E-state index contributed by atoms with van der Waals surface area (Å²) in [5.41, 5.74) is 7.72. The van der Waals surface area contributed by atoms with Crippen LogP contribution in [0.3, 0.4) is 0 Å². The van der Waals surface area contributed by atoms with Gasteiger partial charge in [-0.2, -0.15) is 0 Å². The Kier molecular flexibility index (Phi) is 5.44. The number of carbonyl (C=O) groups is 1. The highest BCUT2D eigenvalue weighted by molar-refractivity contribution is 5.68. The molecule has 0 aromatic heterocycles. The Labute approximate surface area is 113 Å². The fraction of sp³-hybridized carbons (Fsp3) is 0.917. The molecule has 1 fully saturated rings. The van der Waals surface area contributed by atoms with E-state index >= 15 is 0 Å². The third-order valence-electron chi connectivity index (χ3n) is 2.95. The summed E-state index contributed by atoms with van der Waals surface area (Å²) in [5, 5.41) is 13.4. The zero-order valence-electron chi connectivity index (χ0n) is 11.7. The Morgan fingerprint density at radius 2 is 2.26 bits per heavy atom. The van der Waals surface area contributed by atoms with Gasteiger partial charge in [0.1, 0.15) is 5.60 Å². The maximum Gasteiger partial charge on any atom is 0.410 e. The van der Waals surface area contributed by atoms with Gasteiger partial charge in [0.05, 0.1) is 18.7 Å². The molecule has 108 valence electrons. The number of nitrogens with zero attached hydrogens (tertiary/aromatic N) is 4. The summed E-state index contributed by atoms with van der Waals surface area (Å²) in [4.78, 5) is 16.3. The summed E-state index contributed by atoms with van der Waals surface area (Å²) < 4.78 is 5.33. The molecule has 0 saturated carbocycles. The van der Waals surface area contributed by atoms with Crippen LogP contribution in [0.2, 0.25) is 0 Å². The highest BCUT2D eigenvalue weighted by atomic mass is 16.6. The third-order valence-corrected chi connectivity index (χ3v) is 2.95. The molecule has 7 nitrogen and oxygen atoms in total. The van der Waals surface area contributed by atoms with Crippen molar-refractivity contribution in [3.8, 4) is 0 Å². The van der Waals surface area contributed by atoms with Gasteiger partial charge in [0, 0.05) is 11.5 Å². The number of rotatable bonds is 3. The first-order valence-corrected chi connectivity index (χ1v) is 6.53. The first-order chi connectivity index (χ1) is 8.85. The van der Waals surface area contributed by atoms with E-state index in [9.17, 15) is 9.90 Å². The molecule has 19 heavy (non-hydrogen) atoms. The molecule has 2 unspecified atom stereocenters. The van der Waals surface area contributed by atoms with Crippen LogP contribution in [0, 0.1) is 0 Å². The van der Waals surface area contributed by atoms with Crippen molar-refractivity contribution in [2.24, 2.45) is 5.11 Å². The van der Waals surface area contributed by atoms with Crippen LogP contribution in [0.5, 0.6) is 0 Å². The van der Waals surface area contributed by atoms with Crippen LogP contribution in [-0.4, -0.2) is 46.9 Å². The number of aliphatic hydroxyl groups is 1. The monoisotopic (exact) mass is 270 g/mol. The van der Waals surface area contributed by atoms with Crippen molar-refractivity contribution in [1.82, 2.24) is 4.90 Å². The van der Waals surface area contributed by atoms with Gasteiger partial charge in [-0.3, -0.25) is 0 Å². The number of carbonyl (C=O) groups excluding carboxylic acids is 1. The van der Waals surface area contributed by atoms with E-state index in [2.05, 4.69) is 10.0 Å². The molecule has 7 heteroatoms. The predicted octanol–water partition coefficient (Wildman–Crippen LogP) is 2.45. The van der Waals surface area contributed by atoms with Crippen molar-refractivity contribution in [2.75, 3.05) is 13.1 Å². The Hall–Kier alpha value is -1.46. The van der Waals surface area contributed by atoms with Crippen LogP contribution in [-0.2, 0) is 4.74 Å². The predicted molar refractivity (Wildman–Crippen MR) is 70.6 cm³/mol. The number of amides is 1. The Bertz CT molecular complexity index is 360. The van der Waals surface area contributed by atoms with Gasteiger partial charge in [-0.05, 0) is 45.6 Å². The van der Waals surface area contributed by atoms with E-state index in [4.69, 9.17) is 10.3 Å². The van der Waals surface area contributed by atoms with Gasteiger partial charge in [0.15, 0.2) is 0 Å². The average molecular weight is 270 g/mol. The normalized spacial score (nSPS) is 21.5. The number of piperidine rings is 1. The summed E-state index contributed by atoms with van der Waals surface area (Å²) >= 11 is 0. The number of hydrogen-bond donors (Lipinski definition) is 1. The number of hydrogen-bond acceptors (Lipinski definition) is 4. The standard InChI is InChI=1S/C12H22N4O3/c1-12(2,3)19-11(18)16-7-5-4-6-9(16)10(17)8-14-15-13/h9-10,17H,4-8H2,1-3H3. The molecule has 1 aliphatic heterocycles.